The number of halogens is 1. The Morgan fingerprint density at radius 1 is 1.38 bits per heavy atom. The van der Waals surface area contributed by atoms with Gasteiger partial charge < -0.3 is 20.6 Å². The van der Waals surface area contributed by atoms with Gasteiger partial charge in [0.1, 0.15) is 0 Å². The van der Waals surface area contributed by atoms with Crippen molar-refractivity contribution in [2.45, 2.75) is 32.3 Å². The molecule has 26 heavy (non-hydrogen) atoms. The third kappa shape index (κ3) is 7.06. The Morgan fingerprint density at radius 2 is 2.04 bits per heavy atom. The number of piperidine rings is 1. The van der Waals surface area contributed by atoms with E-state index in [2.05, 4.69) is 25.5 Å². The van der Waals surface area contributed by atoms with E-state index in [0.29, 0.717) is 18.9 Å². The molecule has 8 heteroatoms. The van der Waals surface area contributed by atoms with Crippen LogP contribution in [-0.4, -0.2) is 60.1 Å². The van der Waals surface area contributed by atoms with Crippen LogP contribution in [-0.2, 0) is 4.79 Å². The molecular weight excluding hydrogens is 445 g/mol. The van der Waals surface area contributed by atoms with Crippen molar-refractivity contribution in [2.75, 3.05) is 33.2 Å². The van der Waals surface area contributed by atoms with E-state index in [1.165, 1.54) is 0 Å². The lowest BCUT2D eigenvalue weighted by atomic mass is 9.93. The summed E-state index contributed by atoms with van der Waals surface area (Å²) in [5.74, 6) is 1.37. The van der Waals surface area contributed by atoms with Crippen molar-refractivity contribution >= 4 is 35.8 Å². The molecule has 1 amide bonds. The average Bonchev–Trinajstić information content (AvgIpc) is 2.66. The Morgan fingerprint density at radius 3 is 2.62 bits per heavy atom. The number of hydrogen-bond donors (Lipinski definition) is 3. The van der Waals surface area contributed by atoms with Gasteiger partial charge in [0.05, 0.1) is 12.6 Å². The number of amides is 1. The number of pyridine rings is 1. The van der Waals surface area contributed by atoms with E-state index in [4.69, 9.17) is 0 Å². The fraction of sp³-hybridized carbons (Fsp3) is 0.611. The molecule has 1 saturated heterocycles. The summed E-state index contributed by atoms with van der Waals surface area (Å²) < 4.78 is 0. The SMILES string of the molecule is CCNC(=NCC(O)c1ccncc1)N1CCC(CC(=O)NC)CC1.I. The molecule has 0 radical (unpaired) electrons. The van der Waals surface area contributed by atoms with Crippen LogP contribution in [0.4, 0.5) is 0 Å². The number of hydrogen-bond acceptors (Lipinski definition) is 4. The Kier molecular flexibility index (Phi) is 10.5. The number of likely N-dealkylation sites (tertiary alicyclic amines) is 1. The molecule has 2 rings (SSSR count). The maximum Gasteiger partial charge on any atom is 0.220 e. The van der Waals surface area contributed by atoms with E-state index >= 15 is 0 Å². The first-order valence-electron chi connectivity index (χ1n) is 8.95. The highest BCUT2D eigenvalue weighted by atomic mass is 127. The zero-order chi connectivity index (χ0) is 18.1. The first-order valence-corrected chi connectivity index (χ1v) is 8.95. The lowest BCUT2D eigenvalue weighted by Crippen LogP contribution is -2.46. The number of aromatic nitrogens is 1. The second-order valence-corrected chi connectivity index (χ2v) is 6.30. The van der Waals surface area contributed by atoms with Gasteiger partial charge in [0.25, 0.3) is 0 Å². The largest absolute Gasteiger partial charge is 0.386 e. The van der Waals surface area contributed by atoms with Gasteiger partial charge in [-0.05, 0) is 43.4 Å². The molecule has 1 aliphatic rings. The average molecular weight is 475 g/mol. The number of nitrogens with zero attached hydrogens (tertiary/aromatic N) is 3. The van der Waals surface area contributed by atoms with Crippen LogP contribution in [0.25, 0.3) is 0 Å². The highest BCUT2D eigenvalue weighted by Gasteiger charge is 2.23. The second kappa shape index (κ2) is 12.1. The number of rotatable bonds is 6. The van der Waals surface area contributed by atoms with E-state index in [1.54, 1.807) is 31.6 Å². The van der Waals surface area contributed by atoms with Gasteiger partial charge in [-0.3, -0.25) is 14.8 Å². The molecule has 1 fully saturated rings. The summed E-state index contributed by atoms with van der Waals surface area (Å²) >= 11 is 0. The molecule has 1 aliphatic heterocycles. The summed E-state index contributed by atoms with van der Waals surface area (Å²) in [6.45, 7) is 4.87. The number of aliphatic imine (C=N–C) groups is 1. The smallest absolute Gasteiger partial charge is 0.220 e. The van der Waals surface area contributed by atoms with Crippen LogP contribution < -0.4 is 10.6 Å². The van der Waals surface area contributed by atoms with Gasteiger partial charge in [-0.15, -0.1) is 24.0 Å². The normalized spacial score (nSPS) is 16.6. The summed E-state index contributed by atoms with van der Waals surface area (Å²) in [4.78, 5) is 22.3. The standard InChI is InChI=1S/C18H29N5O2.HI/c1-3-21-18(22-13-16(24)15-4-8-20-9-5-15)23-10-6-14(7-11-23)12-17(25)19-2;/h4-5,8-9,14,16,24H,3,6-7,10-13H2,1-2H3,(H,19,25)(H,21,22);1H. The van der Waals surface area contributed by atoms with E-state index < -0.39 is 6.10 Å². The molecule has 1 unspecified atom stereocenters. The highest BCUT2D eigenvalue weighted by Crippen LogP contribution is 2.20. The first kappa shape index (κ1) is 22.6. The zero-order valence-corrected chi connectivity index (χ0v) is 17.8. The minimum absolute atomic E-state index is 0. The Bertz CT molecular complexity index is 562. The van der Waals surface area contributed by atoms with Crippen molar-refractivity contribution in [3.05, 3.63) is 30.1 Å². The van der Waals surface area contributed by atoms with Crippen LogP contribution in [0.3, 0.4) is 0 Å². The van der Waals surface area contributed by atoms with Gasteiger partial charge in [0.2, 0.25) is 5.91 Å². The summed E-state index contributed by atoms with van der Waals surface area (Å²) in [7, 11) is 1.68. The molecule has 0 bridgehead atoms. The summed E-state index contributed by atoms with van der Waals surface area (Å²) in [6.07, 6.45) is 5.26. The topological polar surface area (TPSA) is 89.9 Å². The Balaban J connectivity index is 0.00000338. The fourth-order valence-corrected chi connectivity index (χ4v) is 3.00. The Hall–Kier alpha value is -1.42. The van der Waals surface area contributed by atoms with Crippen molar-refractivity contribution in [2.24, 2.45) is 10.9 Å². The molecule has 3 N–H and O–H groups in total. The molecule has 0 aliphatic carbocycles. The number of aliphatic hydroxyl groups is 1. The molecule has 1 aromatic heterocycles. The van der Waals surface area contributed by atoms with Crippen LogP contribution in [0.2, 0.25) is 0 Å². The summed E-state index contributed by atoms with van der Waals surface area (Å²) in [5.41, 5.74) is 0.818. The van der Waals surface area contributed by atoms with Crippen molar-refractivity contribution in [3.63, 3.8) is 0 Å². The van der Waals surface area contributed by atoms with Gasteiger partial charge >= 0.3 is 0 Å². The number of carbonyl (C=O) groups is 1. The number of carbonyl (C=O) groups excluding carboxylic acids is 1. The Labute approximate surface area is 172 Å². The molecule has 1 aromatic rings. The summed E-state index contributed by atoms with van der Waals surface area (Å²) in [5, 5.41) is 16.3. The zero-order valence-electron chi connectivity index (χ0n) is 15.5. The van der Waals surface area contributed by atoms with Crippen LogP contribution in [0.1, 0.15) is 37.9 Å². The van der Waals surface area contributed by atoms with Crippen molar-refractivity contribution < 1.29 is 9.90 Å². The number of nitrogens with one attached hydrogen (secondary N) is 2. The molecule has 1 atom stereocenters. The molecule has 146 valence electrons. The second-order valence-electron chi connectivity index (χ2n) is 6.30. The third-order valence-corrected chi connectivity index (χ3v) is 4.51. The van der Waals surface area contributed by atoms with E-state index in [-0.39, 0.29) is 29.9 Å². The van der Waals surface area contributed by atoms with E-state index in [9.17, 15) is 9.90 Å². The van der Waals surface area contributed by atoms with Crippen LogP contribution >= 0.6 is 24.0 Å². The van der Waals surface area contributed by atoms with E-state index in [0.717, 1.165) is 44.0 Å². The predicted molar refractivity (Wildman–Crippen MR) is 114 cm³/mol. The third-order valence-electron chi connectivity index (χ3n) is 4.51. The molecular formula is C18H30IN5O2. The predicted octanol–water partition coefficient (Wildman–Crippen LogP) is 1.55. The van der Waals surface area contributed by atoms with Gasteiger partial charge in [-0.25, -0.2) is 0 Å². The van der Waals surface area contributed by atoms with Crippen LogP contribution in [0, 0.1) is 5.92 Å². The quantitative estimate of drug-likeness (QED) is 0.330. The maximum atomic E-state index is 11.5. The van der Waals surface area contributed by atoms with Gasteiger partial charge in [0, 0.05) is 45.5 Å². The maximum absolute atomic E-state index is 11.5. The van der Waals surface area contributed by atoms with Gasteiger partial charge in [0.15, 0.2) is 5.96 Å². The number of aliphatic hydroxyl groups excluding tert-OH is 1. The highest BCUT2D eigenvalue weighted by molar-refractivity contribution is 14.0. The van der Waals surface area contributed by atoms with Crippen molar-refractivity contribution in [1.29, 1.82) is 0 Å². The lowest BCUT2D eigenvalue weighted by Gasteiger charge is -2.34. The minimum Gasteiger partial charge on any atom is -0.386 e. The van der Waals surface area contributed by atoms with Crippen LogP contribution in [0.15, 0.2) is 29.5 Å². The summed E-state index contributed by atoms with van der Waals surface area (Å²) in [6, 6.07) is 3.61. The van der Waals surface area contributed by atoms with Crippen LogP contribution in [0.5, 0.6) is 0 Å². The number of guanidine groups is 1. The fourth-order valence-electron chi connectivity index (χ4n) is 3.00. The molecule has 0 saturated carbocycles. The first-order chi connectivity index (χ1) is 12.1. The minimum atomic E-state index is -0.637. The monoisotopic (exact) mass is 475 g/mol. The van der Waals surface area contributed by atoms with E-state index in [1.807, 2.05) is 6.92 Å². The molecule has 7 nitrogen and oxygen atoms in total. The van der Waals surface area contributed by atoms with Crippen molar-refractivity contribution in [1.82, 2.24) is 20.5 Å². The van der Waals surface area contributed by atoms with Gasteiger partial charge in [-0.1, -0.05) is 0 Å². The lowest BCUT2D eigenvalue weighted by molar-refractivity contribution is -0.121. The van der Waals surface area contributed by atoms with Crippen molar-refractivity contribution in [3.8, 4) is 0 Å². The van der Waals surface area contributed by atoms with Gasteiger partial charge in [-0.2, -0.15) is 0 Å². The molecule has 0 aromatic carbocycles. The molecule has 2 heterocycles. The molecule has 0 spiro atoms.